The van der Waals surface area contributed by atoms with Gasteiger partial charge in [0.05, 0.1) is 19.3 Å². The van der Waals surface area contributed by atoms with E-state index in [0.717, 1.165) is 5.82 Å². The van der Waals surface area contributed by atoms with Gasteiger partial charge in [0, 0.05) is 26.8 Å². The van der Waals surface area contributed by atoms with Crippen LogP contribution >= 0.6 is 11.6 Å². The fourth-order valence-corrected chi connectivity index (χ4v) is 1.57. The predicted octanol–water partition coefficient (Wildman–Crippen LogP) is 0.560. The van der Waals surface area contributed by atoms with Gasteiger partial charge in [-0.25, -0.2) is 4.98 Å². The van der Waals surface area contributed by atoms with Gasteiger partial charge in [-0.2, -0.15) is 0 Å². The van der Waals surface area contributed by atoms with E-state index in [1.54, 1.807) is 13.3 Å². The average molecular weight is 248 g/mol. The Hall–Kier alpha value is -0.620. The van der Waals surface area contributed by atoms with Crippen LogP contribution in [0.25, 0.3) is 0 Å². The predicted molar refractivity (Wildman–Crippen MR) is 62.4 cm³/mol. The van der Waals surface area contributed by atoms with E-state index >= 15 is 0 Å². The lowest BCUT2D eigenvalue weighted by Gasteiger charge is -2.16. The summed E-state index contributed by atoms with van der Waals surface area (Å²) in [4.78, 5) is 4.17. The van der Waals surface area contributed by atoms with Gasteiger partial charge in [0.25, 0.3) is 0 Å². The first-order valence-electron chi connectivity index (χ1n) is 5.18. The summed E-state index contributed by atoms with van der Waals surface area (Å²) >= 11 is 5.88. The van der Waals surface area contributed by atoms with Crippen LogP contribution in [0, 0.1) is 0 Å². The number of hydrogen-bond acceptors (Lipinski definition) is 4. The van der Waals surface area contributed by atoms with Crippen LogP contribution in [-0.2, 0) is 18.3 Å². The third kappa shape index (κ3) is 3.75. The van der Waals surface area contributed by atoms with Gasteiger partial charge in [-0.05, 0) is 6.42 Å². The molecular weight excluding hydrogens is 230 g/mol. The summed E-state index contributed by atoms with van der Waals surface area (Å²) in [6.45, 7) is 1.32. The second-order valence-electron chi connectivity index (χ2n) is 3.60. The SMILES string of the molecule is COCC(CCO)NCc1ncc(Cl)n1C. The molecule has 92 valence electrons. The normalized spacial score (nSPS) is 13.0. The van der Waals surface area contributed by atoms with Gasteiger partial charge in [-0.1, -0.05) is 11.6 Å². The summed E-state index contributed by atoms with van der Waals surface area (Å²) in [6, 6.07) is 0.130. The lowest BCUT2D eigenvalue weighted by molar-refractivity contribution is 0.147. The third-order valence-electron chi connectivity index (χ3n) is 2.42. The maximum absolute atomic E-state index is 8.88. The van der Waals surface area contributed by atoms with Crippen LogP contribution in [0.15, 0.2) is 6.20 Å². The van der Waals surface area contributed by atoms with Crippen LogP contribution in [0.4, 0.5) is 0 Å². The smallest absolute Gasteiger partial charge is 0.128 e. The van der Waals surface area contributed by atoms with Gasteiger partial charge < -0.3 is 19.7 Å². The number of rotatable bonds is 7. The maximum Gasteiger partial charge on any atom is 0.128 e. The molecule has 0 bridgehead atoms. The summed E-state index contributed by atoms with van der Waals surface area (Å²) < 4.78 is 6.87. The standard InChI is InChI=1S/C10H18ClN3O2/c1-14-9(11)5-13-10(14)6-12-8(3-4-15)7-16-2/h5,8,12,15H,3-4,6-7H2,1-2H3. The van der Waals surface area contributed by atoms with Crippen LogP contribution in [0.1, 0.15) is 12.2 Å². The molecule has 0 amide bonds. The van der Waals surface area contributed by atoms with Gasteiger partial charge in [-0.15, -0.1) is 0 Å². The Balaban J connectivity index is 2.45. The second-order valence-corrected chi connectivity index (χ2v) is 3.99. The van der Waals surface area contributed by atoms with Crippen molar-refractivity contribution >= 4 is 11.6 Å². The Labute approximate surface area is 100 Å². The Morgan fingerprint density at radius 3 is 2.94 bits per heavy atom. The molecule has 0 fully saturated rings. The van der Waals surface area contributed by atoms with Crippen molar-refractivity contribution in [3.05, 3.63) is 17.2 Å². The number of methoxy groups -OCH3 is 1. The quantitative estimate of drug-likeness (QED) is 0.739. The summed E-state index contributed by atoms with van der Waals surface area (Å²) in [5, 5.41) is 12.8. The van der Waals surface area contributed by atoms with Crippen molar-refractivity contribution in [1.29, 1.82) is 0 Å². The molecule has 1 rings (SSSR count). The van der Waals surface area contributed by atoms with Gasteiger partial charge >= 0.3 is 0 Å². The third-order valence-corrected chi connectivity index (χ3v) is 2.77. The van der Waals surface area contributed by atoms with E-state index in [0.29, 0.717) is 24.7 Å². The summed E-state index contributed by atoms with van der Waals surface area (Å²) in [5.41, 5.74) is 0. The molecule has 5 nitrogen and oxygen atoms in total. The van der Waals surface area contributed by atoms with E-state index in [9.17, 15) is 0 Å². The number of ether oxygens (including phenoxy) is 1. The molecule has 0 radical (unpaired) electrons. The highest BCUT2D eigenvalue weighted by Gasteiger charge is 2.09. The summed E-state index contributed by atoms with van der Waals surface area (Å²) in [5.74, 6) is 0.865. The second kappa shape index (κ2) is 6.85. The van der Waals surface area contributed by atoms with E-state index in [4.69, 9.17) is 21.4 Å². The molecule has 1 aromatic rings. The largest absolute Gasteiger partial charge is 0.396 e. The fourth-order valence-electron chi connectivity index (χ4n) is 1.43. The van der Waals surface area contributed by atoms with Crippen LogP contribution < -0.4 is 5.32 Å². The molecule has 2 N–H and O–H groups in total. The summed E-state index contributed by atoms with van der Waals surface area (Å²) in [7, 11) is 3.51. The van der Waals surface area contributed by atoms with Gasteiger partial charge in [0.2, 0.25) is 0 Å². The minimum atomic E-state index is 0.130. The van der Waals surface area contributed by atoms with Crippen molar-refractivity contribution in [3.8, 4) is 0 Å². The molecule has 0 saturated carbocycles. The first-order chi connectivity index (χ1) is 7.69. The highest BCUT2D eigenvalue weighted by molar-refractivity contribution is 6.29. The molecule has 1 heterocycles. The van der Waals surface area contributed by atoms with Crippen molar-refractivity contribution in [1.82, 2.24) is 14.9 Å². The zero-order chi connectivity index (χ0) is 12.0. The zero-order valence-corrected chi connectivity index (χ0v) is 10.4. The number of aromatic nitrogens is 2. The average Bonchev–Trinajstić information content (AvgIpc) is 2.58. The number of halogens is 1. The van der Waals surface area contributed by atoms with E-state index in [1.807, 2.05) is 11.6 Å². The van der Waals surface area contributed by atoms with Gasteiger partial charge in [0.1, 0.15) is 11.0 Å². The Kier molecular flexibility index (Phi) is 5.76. The first-order valence-corrected chi connectivity index (χ1v) is 5.56. The maximum atomic E-state index is 8.88. The lowest BCUT2D eigenvalue weighted by atomic mass is 10.2. The van der Waals surface area contributed by atoms with E-state index < -0.39 is 0 Å². The topological polar surface area (TPSA) is 59.3 Å². The Morgan fingerprint density at radius 1 is 1.69 bits per heavy atom. The Morgan fingerprint density at radius 2 is 2.44 bits per heavy atom. The first kappa shape index (κ1) is 13.4. The monoisotopic (exact) mass is 247 g/mol. The van der Waals surface area contributed by atoms with Crippen LogP contribution in [0.5, 0.6) is 0 Å². The highest BCUT2D eigenvalue weighted by Crippen LogP contribution is 2.08. The number of hydrogen-bond donors (Lipinski definition) is 2. The van der Waals surface area contributed by atoms with E-state index in [-0.39, 0.29) is 12.6 Å². The number of aliphatic hydroxyl groups excluding tert-OH is 1. The van der Waals surface area contributed by atoms with Crippen molar-refractivity contribution < 1.29 is 9.84 Å². The number of aliphatic hydroxyl groups is 1. The van der Waals surface area contributed by atoms with E-state index in [1.165, 1.54) is 0 Å². The van der Waals surface area contributed by atoms with E-state index in [2.05, 4.69) is 10.3 Å². The number of nitrogens with one attached hydrogen (secondary N) is 1. The molecule has 0 saturated heterocycles. The molecule has 1 unspecified atom stereocenters. The molecule has 0 spiro atoms. The molecule has 6 heteroatoms. The molecule has 0 aliphatic carbocycles. The fraction of sp³-hybridized carbons (Fsp3) is 0.700. The highest BCUT2D eigenvalue weighted by atomic mass is 35.5. The van der Waals surface area contributed by atoms with Crippen molar-refractivity contribution in [2.75, 3.05) is 20.3 Å². The summed E-state index contributed by atoms with van der Waals surface area (Å²) in [6.07, 6.45) is 2.28. The molecule has 0 aliphatic rings. The van der Waals surface area contributed by atoms with Crippen molar-refractivity contribution in [3.63, 3.8) is 0 Å². The number of imidazole rings is 1. The minimum absolute atomic E-state index is 0.130. The van der Waals surface area contributed by atoms with Crippen molar-refractivity contribution in [2.24, 2.45) is 7.05 Å². The van der Waals surface area contributed by atoms with Gasteiger partial charge in [0.15, 0.2) is 0 Å². The van der Waals surface area contributed by atoms with Crippen LogP contribution in [-0.4, -0.2) is 41.0 Å². The minimum Gasteiger partial charge on any atom is -0.396 e. The molecule has 1 atom stereocenters. The Bertz CT molecular complexity index is 311. The van der Waals surface area contributed by atoms with Gasteiger partial charge in [-0.3, -0.25) is 0 Å². The lowest BCUT2D eigenvalue weighted by Crippen LogP contribution is -2.34. The molecule has 16 heavy (non-hydrogen) atoms. The zero-order valence-electron chi connectivity index (χ0n) is 9.61. The van der Waals surface area contributed by atoms with Crippen LogP contribution in [0.3, 0.4) is 0 Å². The molecule has 1 aromatic heterocycles. The van der Waals surface area contributed by atoms with Crippen LogP contribution in [0.2, 0.25) is 5.15 Å². The molecular formula is C10H18ClN3O2. The molecule has 0 aliphatic heterocycles. The van der Waals surface area contributed by atoms with Crippen molar-refractivity contribution in [2.45, 2.75) is 19.0 Å². The number of nitrogens with zero attached hydrogens (tertiary/aromatic N) is 2. The molecule has 0 aromatic carbocycles.